The van der Waals surface area contributed by atoms with Crippen LogP contribution in [-0.2, 0) is 4.79 Å². The monoisotopic (exact) mass is 322 g/mol. The summed E-state index contributed by atoms with van der Waals surface area (Å²) < 4.78 is 0. The number of halogens is 2. The van der Waals surface area contributed by atoms with Crippen molar-refractivity contribution in [2.75, 3.05) is 11.1 Å². The highest BCUT2D eigenvalue weighted by atomic mass is 79.9. The summed E-state index contributed by atoms with van der Waals surface area (Å²) in [4.78, 5) is 11.8. The van der Waals surface area contributed by atoms with Crippen LogP contribution in [0.25, 0.3) is 0 Å². The zero-order valence-corrected chi connectivity index (χ0v) is 11.7. The van der Waals surface area contributed by atoms with E-state index in [2.05, 4.69) is 15.9 Å². The third-order valence-corrected chi connectivity index (χ3v) is 4.03. The maximum Gasteiger partial charge on any atom is 0.326 e. The summed E-state index contributed by atoms with van der Waals surface area (Å²) in [5.41, 5.74) is 0.624. The minimum absolute atomic E-state index is 0.624. The number of hydrogen-bond acceptors (Lipinski definition) is 2. The highest BCUT2D eigenvalue weighted by Gasteiger charge is 2.15. The van der Waals surface area contributed by atoms with E-state index in [1.165, 1.54) is 0 Å². The van der Waals surface area contributed by atoms with E-state index >= 15 is 0 Å². The molecule has 0 bridgehead atoms. The SMILES string of the molecule is O=C(O)C(Cl)c1ccc(SCCCBr)cc1. The summed E-state index contributed by atoms with van der Waals surface area (Å²) in [5.74, 6) is 0.0368. The van der Waals surface area contributed by atoms with Crippen molar-refractivity contribution >= 4 is 45.3 Å². The quantitative estimate of drug-likeness (QED) is 0.489. The third-order valence-electron chi connectivity index (χ3n) is 1.94. The van der Waals surface area contributed by atoms with E-state index in [9.17, 15) is 4.79 Å². The molecule has 0 fully saturated rings. The van der Waals surface area contributed by atoms with Crippen LogP contribution in [0.15, 0.2) is 29.2 Å². The molecular weight excluding hydrogens is 312 g/mol. The van der Waals surface area contributed by atoms with E-state index < -0.39 is 11.3 Å². The molecule has 16 heavy (non-hydrogen) atoms. The first kappa shape index (κ1) is 13.9. The Morgan fingerprint density at radius 2 is 2.06 bits per heavy atom. The van der Waals surface area contributed by atoms with Gasteiger partial charge in [-0.05, 0) is 29.9 Å². The van der Waals surface area contributed by atoms with Gasteiger partial charge in [0.15, 0.2) is 5.38 Å². The van der Waals surface area contributed by atoms with Crippen LogP contribution in [0.5, 0.6) is 0 Å². The van der Waals surface area contributed by atoms with Crippen molar-refractivity contribution in [1.82, 2.24) is 0 Å². The van der Waals surface area contributed by atoms with Gasteiger partial charge in [0.05, 0.1) is 0 Å². The normalized spacial score (nSPS) is 12.4. The molecule has 0 saturated carbocycles. The van der Waals surface area contributed by atoms with Crippen LogP contribution in [0.2, 0.25) is 0 Å². The van der Waals surface area contributed by atoms with Crippen LogP contribution in [0, 0.1) is 0 Å². The van der Waals surface area contributed by atoms with Gasteiger partial charge in [0.25, 0.3) is 0 Å². The van der Waals surface area contributed by atoms with E-state index in [1.54, 1.807) is 23.9 Å². The van der Waals surface area contributed by atoms with E-state index in [4.69, 9.17) is 16.7 Å². The second-order valence-corrected chi connectivity index (χ2v) is 5.56. The van der Waals surface area contributed by atoms with Gasteiger partial charge in [-0.15, -0.1) is 23.4 Å². The summed E-state index contributed by atoms with van der Waals surface area (Å²) in [6.07, 6.45) is 1.11. The summed E-state index contributed by atoms with van der Waals surface area (Å²) in [5, 5.41) is 8.78. The molecule has 5 heteroatoms. The molecule has 0 saturated heterocycles. The fraction of sp³-hybridized carbons (Fsp3) is 0.364. The molecule has 1 N–H and O–H groups in total. The molecule has 1 atom stereocenters. The lowest BCUT2D eigenvalue weighted by Gasteiger charge is -2.05. The number of carboxylic acids is 1. The van der Waals surface area contributed by atoms with Gasteiger partial charge in [0.2, 0.25) is 0 Å². The number of hydrogen-bond donors (Lipinski definition) is 1. The minimum atomic E-state index is -1.01. The Kier molecular flexibility index (Phi) is 6.24. The number of benzene rings is 1. The number of aliphatic carboxylic acids is 1. The second-order valence-electron chi connectivity index (χ2n) is 3.16. The lowest BCUT2D eigenvalue weighted by molar-refractivity contribution is -0.136. The molecule has 0 aliphatic rings. The Bertz CT molecular complexity index is 342. The van der Waals surface area contributed by atoms with Crippen LogP contribution in [0.3, 0.4) is 0 Å². The van der Waals surface area contributed by atoms with E-state index in [0.29, 0.717) is 5.56 Å². The van der Waals surface area contributed by atoms with Crippen LogP contribution in [0.1, 0.15) is 17.4 Å². The number of thioether (sulfide) groups is 1. The average molecular weight is 324 g/mol. The maximum absolute atomic E-state index is 10.7. The van der Waals surface area contributed by atoms with Gasteiger partial charge in [-0.3, -0.25) is 4.79 Å². The first-order chi connectivity index (χ1) is 7.65. The van der Waals surface area contributed by atoms with Gasteiger partial charge < -0.3 is 5.11 Å². The van der Waals surface area contributed by atoms with Gasteiger partial charge in [-0.1, -0.05) is 28.1 Å². The van der Waals surface area contributed by atoms with Crippen molar-refractivity contribution in [3.05, 3.63) is 29.8 Å². The highest BCUT2D eigenvalue weighted by molar-refractivity contribution is 9.09. The molecule has 0 aliphatic carbocycles. The van der Waals surface area contributed by atoms with Crippen molar-refractivity contribution in [2.24, 2.45) is 0 Å². The summed E-state index contributed by atoms with van der Waals surface area (Å²) in [7, 11) is 0. The molecule has 0 aliphatic heterocycles. The maximum atomic E-state index is 10.7. The zero-order valence-electron chi connectivity index (χ0n) is 8.53. The van der Waals surface area contributed by atoms with Crippen LogP contribution >= 0.6 is 39.3 Å². The smallest absolute Gasteiger partial charge is 0.326 e. The molecule has 0 radical (unpaired) electrons. The average Bonchev–Trinajstić information content (AvgIpc) is 2.29. The second kappa shape index (κ2) is 7.20. The van der Waals surface area contributed by atoms with Crippen molar-refractivity contribution < 1.29 is 9.90 Å². The number of carbonyl (C=O) groups is 1. The number of rotatable bonds is 6. The van der Waals surface area contributed by atoms with Crippen molar-refractivity contribution in [2.45, 2.75) is 16.7 Å². The Morgan fingerprint density at radius 3 is 2.56 bits per heavy atom. The van der Waals surface area contributed by atoms with E-state index in [1.807, 2.05) is 12.1 Å². The van der Waals surface area contributed by atoms with Gasteiger partial charge in [-0.25, -0.2) is 0 Å². The van der Waals surface area contributed by atoms with E-state index in [-0.39, 0.29) is 0 Å². The number of alkyl halides is 2. The van der Waals surface area contributed by atoms with Crippen molar-refractivity contribution in [1.29, 1.82) is 0 Å². The van der Waals surface area contributed by atoms with Crippen molar-refractivity contribution in [3.63, 3.8) is 0 Å². The fourth-order valence-electron chi connectivity index (χ4n) is 1.12. The van der Waals surface area contributed by atoms with Crippen LogP contribution < -0.4 is 0 Å². The molecule has 0 heterocycles. The predicted octanol–water partition coefficient (Wildman–Crippen LogP) is 3.93. The van der Waals surface area contributed by atoms with Gasteiger partial charge in [0.1, 0.15) is 0 Å². The predicted molar refractivity (Wildman–Crippen MR) is 71.8 cm³/mol. The van der Waals surface area contributed by atoms with E-state index in [0.717, 1.165) is 22.4 Å². The molecule has 1 aromatic carbocycles. The lowest BCUT2D eigenvalue weighted by Crippen LogP contribution is -2.04. The fourth-order valence-corrected chi connectivity index (χ4v) is 2.77. The Labute approximate surface area is 113 Å². The molecule has 1 rings (SSSR count). The molecular formula is C11H12BrClO2S. The summed E-state index contributed by atoms with van der Waals surface area (Å²) in [6.45, 7) is 0. The van der Waals surface area contributed by atoms with Gasteiger partial charge in [0, 0.05) is 10.2 Å². The first-order valence-electron chi connectivity index (χ1n) is 4.80. The molecule has 0 spiro atoms. The molecule has 1 aromatic rings. The topological polar surface area (TPSA) is 37.3 Å². The number of carboxylic acid groups (broad SMARTS) is 1. The van der Waals surface area contributed by atoms with Gasteiger partial charge in [-0.2, -0.15) is 0 Å². The van der Waals surface area contributed by atoms with Crippen LogP contribution in [-0.4, -0.2) is 22.2 Å². The highest BCUT2D eigenvalue weighted by Crippen LogP contribution is 2.25. The van der Waals surface area contributed by atoms with Crippen molar-refractivity contribution in [3.8, 4) is 0 Å². The molecule has 0 amide bonds. The molecule has 88 valence electrons. The van der Waals surface area contributed by atoms with Gasteiger partial charge >= 0.3 is 5.97 Å². The Balaban J connectivity index is 2.57. The Morgan fingerprint density at radius 1 is 1.44 bits per heavy atom. The minimum Gasteiger partial charge on any atom is -0.480 e. The largest absolute Gasteiger partial charge is 0.480 e. The zero-order chi connectivity index (χ0) is 12.0. The molecule has 2 nitrogen and oxygen atoms in total. The molecule has 0 aromatic heterocycles. The summed E-state index contributed by atoms with van der Waals surface area (Å²) >= 11 is 10.8. The summed E-state index contributed by atoms with van der Waals surface area (Å²) in [6, 6.07) is 7.35. The molecule has 1 unspecified atom stereocenters. The third kappa shape index (κ3) is 4.36. The van der Waals surface area contributed by atoms with Crippen LogP contribution in [0.4, 0.5) is 0 Å². The Hall–Kier alpha value is -0.190. The first-order valence-corrected chi connectivity index (χ1v) is 7.35. The lowest BCUT2D eigenvalue weighted by atomic mass is 10.1. The standard InChI is InChI=1S/C11H12BrClO2S/c12-6-1-7-16-9-4-2-8(3-5-9)10(13)11(14)15/h2-5,10H,1,6-7H2,(H,14,15).